The highest BCUT2D eigenvalue weighted by Gasteiger charge is 2.28. The minimum atomic E-state index is -2.01. The lowest BCUT2D eigenvalue weighted by molar-refractivity contribution is -0.362. The Kier molecular flexibility index (Phi) is 11.2. The first-order chi connectivity index (χ1) is 17.8. The molecular weight excluding hydrogens is 500 g/mol. The molecule has 0 aliphatic carbocycles. The second-order valence-electron chi connectivity index (χ2n) is 8.29. The van der Waals surface area contributed by atoms with Crippen molar-refractivity contribution in [2.24, 2.45) is 0 Å². The van der Waals surface area contributed by atoms with Crippen LogP contribution < -0.4 is 10.4 Å². The summed E-state index contributed by atoms with van der Waals surface area (Å²) in [5.74, 6) is -1.48. The normalized spacial score (nSPS) is 11.5. The van der Waals surface area contributed by atoms with E-state index in [2.05, 4.69) is 47.1 Å². The van der Waals surface area contributed by atoms with Gasteiger partial charge in [-0.3, -0.25) is 9.78 Å². The molecule has 2 aromatic carbocycles. The third kappa shape index (κ3) is 6.92. The minimum absolute atomic E-state index is 0.0645. The monoisotopic (exact) mass is 534 g/mol. The van der Waals surface area contributed by atoms with Gasteiger partial charge in [0.1, 0.15) is 16.1 Å². The quantitative estimate of drug-likeness (QED) is 0.170. The summed E-state index contributed by atoms with van der Waals surface area (Å²) in [6.07, 6.45) is -0.355. The van der Waals surface area contributed by atoms with Crippen LogP contribution in [-0.2, 0) is 19.6 Å². The van der Waals surface area contributed by atoms with E-state index in [1.54, 1.807) is 24.3 Å². The largest absolute Gasteiger partial charge is 0.373 e. The van der Waals surface area contributed by atoms with Gasteiger partial charge in [-0.2, -0.15) is 0 Å². The van der Waals surface area contributed by atoms with Crippen molar-refractivity contribution in [1.29, 1.82) is 0 Å². The molecule has 0 saturated heterocycles. The lowest BCUT2D eigenvalue weighted by atomic mass is 10.2. The molecule has 0 aromatic heterocycles. The molecule has 37 heavy (non-hydrogen) atoms. The second kappa shape index (κ2) is 13.9. The number of carbonyl (C=O) groups is 2. The zero-order valence-electron chi connectivity index (χ0n) is 21.5. The molecule has 0 fully saturated rings. The molecule has 194 valence electrons. The molecular formula is C29H34O6Si2. The van der Waals surface area contributed by atoms with Gasteiger partial charge in [0.2, 0.25) is 0 Å². The smallest absolute Gasteiger partial charge is 0.289 e. The van der Waals surface area contributed by atoms with Gasteiger partial charge in [-0.05, 0) is 43.3 Å². The van der Waals surface area contributed by atoms with Crippen molar-refractivity contribution in [2.75, 3.05) is 0 Å². The Balaban J connectivity index is 1.94. The van der Waals surface area contributed by atoms with Crippen LogP contribution >= 0.6 is 0 Å². The number of carbonyl (C=O) groups excluding carboxylic acids is 2. The average Bonchev–Trinajstić information content (AvgIpc) is 2.96. The van der Waals surface area contributed by atoms with Gasteiger partial charge in [-0.15, -0.1) is 36.1 Å². The summed E-state index contributed by atoms with van der Waals surface area (Å²) in [4.78, 5) is 44.3. The summed E-state index contributed by atoms with van der Waals surface area (Å²) >= 11 is 0. The van der Waals surface area contributed by atoms with Crippen LogP contribution in [0.4, 0.5) is 0 Å². The van der Waals surface area contributed by atoms with Crippen molar-refractivity contribution in [3.8, 4) is 0 Å². The summed E-state index contributed by atoms with van der Waals surface area (Å²) in [7, 11) is -4.01. The van der Waals surface area contributed by atoms with E-state index in [1.165, 1.54) is 0 Å². The number of rotatable bonds is 15. The summed E-state index contributed by atoms with van der Waals surface area (Å²) in [6.45, 7) is 23.6. The van der Waals surface area contributed by atoms with Crippen molar-refractivity contribution in [3.63, 3.8) is 0 Å². The molecule has 0 heterocycles. The van der Waals surface area contributed by atoms with Crippen molar-refractivity contribution in [1.82, 2.24) is 0 Å². The maximum Gasteiger partial charge on any atom is 0.373 e. The van der Waals surface area contributed by atoms with E-state index in [0.29, 0.717) is 0 Å². The predicted molar refractivity (Wildman–Crippen MR) is 152 cm³/mol. The Morgan fingerprint density at radius 1 is 0.649 bits per heavy atom. The van der Waals surface area contributed by atoms with Crippen LogP contribution in [0.1, 0.15) is 41.0 Å². The predicted octanol–water partition coefficient (Wildman–Crippen LogP) is 5.53. The Morgan fingerprint density at radius 3 is 1.22 bits per heavy atom. The molecule has 2 radical (unpaired) electrons. The van der Waals surface area contributed by atoms with E-state index in [4.69, 9.17) is 19.6 Å². The maximum absolute atomic E-state index is 12.4. The fourth-order valence-electron chi connectivity index (χ4n) is 3.82. The first-order valence-corrected chi connectivity index (χ1v) is 16.7. The molecule has 0 spiro atoms. The van der Waals surface area contributed by atoms with Crippen molar-refractivity contribution in [3.05, 3.63) is 122 Å². The number of benzene rings is 2. The zero-order chi connectivity index (χ0) is 27.5. The molecule has 0 unspecified atom stereocenters. The Hall–Kier alpha value is -3.31. The van der Waals surface area contributed by atoms with E-state index in [-0.39, 0.29) is 23.8 Å². The van der Waals surface area contributed by atoms with Gasteiger partial charge in [0, 0.05) is 6.42 Å². The Morgan fingerprint density at radius 2 is 0.973 bits per heavy atom. The molecule has 2 rings (SSSR count). The summed E-state index contributed by atoms with van der Waals surface area (Å²) in [6, 6.07) is 15.9. The highest BCUT2D eigenvalue weighted by atomic mass is 28.3. The lowest BCUT2D eigenvalue weighted by Gasteiger charge is -2.23. The van der Waals surface area contributed by atoms with E-state index in [0.717, 1.165) is 22.5 Å². The second-order valence-corrected chi connectivity index (χ2v) is 16.7. The van der Waals surface area contributed by atoms with Crippen LogP contribution in [-0.4, -0.2) is 28.1 Å². The molecule has 0 saturated carbocycles. The molecule has 8 heteroatoms. The molecule has 0 atom stereocenters. The third-order valence-electron chi connectivity index (χ3n) is 6.57. The van der Waals surface area contributed by atoms with Gasteiger partial charge >= 0.3 is 18.2 Å². The highest BCUT2D eigenvalue weighted by molar-refractivity contribution is 7.00. The van der Waals surface area contributed by atoms with Crippen molar-refractivity contribution in [2.45, 2.75) is 32.4 Å². The van der Waals surface area contributed by atoms with E-state index in [1.807, 2.05) is 47.1 Å². The highest BCUT2D eigenvalue weighted by Crippen LogP contribution is 2.17. The van der Waals surface area contributed by atoms with E-state index >= 15 is 0 Å². The first kappa shape index (κ1) is 29.9. The summed E-state index contributed by atoms with van der Waals surface area (Å²) in [5, 5.41) is 2.17. The van der Waals surface area contributed by atoms with Crippen LogP contribution in [0.3, 0.4) is 0 Å². The van der Waals surface area contributed by atoms with Crippen LogP contribution in [0.25, 0.3) is 0 Å². The maximum atomic E-state index is 12.4. The van der Waals surface area contributed by atoms with Gasteiger partial charge in [-0.25, -0.2) is 9.59 Å². The fourth-order valence-corrected chi connectivity index (χ4v) is 8.64. The van der Waals surface area contributed by atoms with Gasteiger partial charge in [0.15, 0.2) is 0 Å². The van der Waals surface area contributed by atoms with Crippen LogP contribution in [0.5, 0.6) is 0 Å². The molecule has 2 aromatic rings. The number of hydrogen-bond donors (Lipinski definition) is 0. The standard InChI is InChI=1S/C29H34O6Si2/c1-8-27(32-34-28(30)23-15-19-25(20-16-23)36(9-2,10-3)11-4)33-35-29(31)24-17-21-26(22-18-24)37(12-5,13-6)14-7/h9-10,12-13,15-22H,1-3,5-6,8,11,14H2,4,7H3. The lowest BCUT2D eigenvalue weighted by Crippen LogP contribution is -2.43. The van der Waals surface area contributed by atoms with Crippen LogP contribution in [0.2, 0.25) is 12.1 Å². The molecule has 0 aliphatic heterocycles. The van der Waals surface area contributed by atoms with Crippen LogP contribution in [0.15, 0.2) is 97.6 Å². The van der Waals surface area contributed by atoms with Gasteiger partial charge in [-0.1, -0.05) is 71.3 Å². The third-order valence-corrected chi connectivity index (χ3v) is 14.6. The van der Waals surface area contributed by atoms with E-state index in [9.17, 15) is 9.59 Å². The van der Waals surface area contributed by atoms with Crippen LogP contribution in [0, 0.1) is 13.2 Å². The molecule has 0 bridgehead atoms. The Bertz CT molecular complexity index is 1000. The minimum Gasteiger partial charge on any atom is -0.289 e. The van der Waals surface area contributed by atoms with Crippen molar-refractivity contribution >= 4 is 38.5 Å². The van der Waals surface area contributed by atoms with Gasteiger partial charge in [0.05, 0.1) is 11.1 Å². The first-order valence-electron chi connectivity index (χ1n) is 12.0. The molecule has 0 aliphatic rings. The zero-order valence-corrected chi connectivity index (χ0v) is 23.5. The molecule has 6 nitrogen and oxygen atoms in total. The SMILES string of the molecule is [CH2]C[C](OOC(=O)c1ccc([Si](C=C)(C=C)CC)cc1)OOC(=O)c1ccc([Si](C=C)(C=C)CC)cc1. The van der Waals surface area contributed by atoms with E-state index < -0.39 is 28.1 Å². The van der Waals surface area contributed by atoms with Gasteiger partial charge < -0.3 is 0 Å². The summed E-state index contributed by atoms with van der Waals surface area (Å²) < 4.78 is 0. The molecule has 0 amide bonds. The number of hydrogen-bond acceptors (Lipinski definition) is 6. The fraction of sp³-hybridized carbons (Fsp3) is 0.172. The molecule has 0 N–H and O–H groups in total. The topological polar surface area (TPSA) is 71.1 Å². The van der Waals surface area contributed by atoms with Crippen molar-refractivity contribution < 1.29 is 29.1 Å². The summed E-state index contributed by atoms with van der Waals surface area (Å²) in [5.41, 5.74) is 8.40. The average molecular weight is 535 g/mol. The Labute approximate surface area is 221 Å². The van der Waals surface area contributed by atoms with Gasteiger partial charge in [0.25, 0.3) is 0 Å².